The average molecular weight is 226 g/mol. The fourth-order valence-electron chi connectivity index (χ4n) is 0.743. The number of hydrogen-bond donors (Lipinski definition) is 0. The third-order valence-electron chi connectivity index (χ3n) is 1.47. The lowest BCUT2D eigenvalue weighted by Gasteiger charge is -1.96. The number of carbonyl (C=O) groups excluding carboxylic acids is 1. The SMILES string of the molecule is C=C(C#N)C#N.C=COC(=O)c1ccccc1. The number of carbonyl (C=O) groups is 1. The molecule has 0 aliphatic heterocycles. The van der Waals surface area contributed by atoms with E-state index in [1.165, 1.54) is 0 Å². The number of hydrogen-bond acceptors (Lipinski definition) is 4. The van der Waals surface area contributed by atoms with E-state index in [2.05, 4.69) is 17.9 Å². The van der Waals surface area contributed by atoms with Gasteiger partial charge in [-0.05, 0) is 12.1 Å². The molecule has 0 unspecified atom stereocenters. The summed E-state index contributed by atoms with van der Waals surface area (Å²) in [6, 6.07) is 11.9. The Morgan fingerprint density at radius 2 is 1.76 bits per heavy atom. The lowest BCUT2D eigenvalue weighted by molar-refractivity contribution is 0.0664. The molecule has 4 nitrogen and oxygen atoms in total. The summed E-state index contributed by atoms with van der Waals surface area (Å²) in [7, 11) is 0. The zero-order valence-electron chi connectivity index (χ0n) is 9.09. The van der Waals surface area contributed by atoms with Crippen molar-refractivity contribution in [3.8, 4) is 12.1 Å². The Balaban J connectivity index is 0.000000366. The van der Waals surface area contributed by atoms with E-state index in [1.54, 1.807) is 36.4 Å². The molecule has 0 amide bonds. The molecule has 0 heterocycles. The van der Waals surface area contributed by atoms with Gasteiger partial charge in [0.05, 0.1) is 11.8 Å². The van der Waals surface area contributed by atoms with Crippen molar-refractivity contribution >= 4 is 5.97 Å². The number of esters is 1. The fraction of sp³-hybridized carbons (Fsp3) is 0. The molecule has 0 aliphatic rings. The van der Waals surface area contributed by atoms with Crippen molar-refractivity contribution in [2.24, 2.45) is 0 Å². The summed E-state index contributed by atoms with van der Waals surface area (Å²) >= 11 is 0. The highest BCUT2D eigenvalue weighted by atomic mass is 16.5. The van der Waals surface area contributed by atoms with E-state index in [-0.39, 0.29) is 11.5 Å². The van der Waals surface area contributed by atoms with Crippen LogP contribution < -0.4 is 0 Å². The van der Waals surface area contributed by atoms with E-state index in [4.69, 9.17) is 10.5 Å². The molecular weight excluding hydrogens is 216 g/mol. The third kappa shape index (κ3) is 6.27. The molecule has 0 radical (unpaired) electrons. The van der Waals surface area contributed by atoms with Crippen molar-refractivity contribution in [2.75, 3.05) is 0 Å². The predicted molar refractivity (Wildman–Crippen MR) is 62.4 cm³/mol. The first-order chi connectivity index (χ1) is 8.15. The zero-order valence-corrected chi connectivity index (χ0v) is 9.09. The van der Waals surface area contributed by atoms with Crippen LogP contribution >= 0.6 is 0 Å². The van der Waals surface area contributed by atoms with Crippen LogP contribution in [0.2, 0.25) is 0 Å². The van der Waals surface area contributed by atoms with Crippen molar-refractivity contribution < 1.29 is 9.53 Å². The molecule has 0 aliphatic carbocycles. The van der Waals surface area contributed by atoms with E-state index < -0.39 is 0 Å². The Kier molecular flexibility index (Phi) is 7.04. The smallest absolute Gasteiger partial charge is 0.342 e. The Hall–Kier alpha value is -2.85. The van der Waals surface area contributed by atoms with Gasteiger partial charge in [0.2, 0.25) is 0 Å². The number of nitrogens with zero attached hydrogens (tertiary/aromatic N) is 2. The Labute approximate surface area is 99.7 Å². The summed E-state index contributed by atoms with van der Waals surface area (Å²) < 4.78 is 4.55. The van der Waals surface area contributed by atoms with Crippen LogP contribution in [0.1, 0.15) is 10.4 Å². The van der Waals surface area contributed by atoms with Crippen molar-refractivity contribution in [3.05, 3.63) is 60.9 Å². The van der Waals surface area contributed by atoms with Gasteiger partial charge in [-0.1, -0.05) is 31.4 Å². The summed E-state index contributed by atoms with van der Waals surface area (Å²) in [5.74, 6) is -0.374. The predicted octanol–water partition coefficient (Wildman–Crippen LogP) is 2.58. The Bertz CT molecular complexity index is 462. The number of ether oxygens (including phenoxy) is 1. The monoisotopic (exact) mass is 226 g/mol. The second-order valence-corrected chi connectivity index (χ2v) is 2.64. The van der Waals surface area contributed by atoms with Gasteiger partial charge in [0.1, 0.15) is 17.7 Å². The van der Waals surface area contributed by atoms with Gasteiger partial charge in [-0.15, -0.1) is 0 Å². The summed E-state index contributed by atoms with van der Waals surface area (Å²) in [5.41, 5.74) is 0.488. The lowest BCUT2D eigenvalue weighted by Crippen LogP contribution is -1.98. The zero-order chi connectivity index (χ0) is 13.1. The second-order valence-electron chi connectivity index (χ2n) is 2.64. The van der Waals surface area contributed by atoms with Crippen molar-refractivity contribution in [2.45, 2.75) is 0 Å². The van der Waals surface area contributed by atoms with E-state index in [0.29, 0.717) is 5.56 Å². The molecule has 0 atom stereocenters. The average Bonchev–Trinajstić information content (AvgIpc) is 2.40. The number of allylic oxidation sites excluding steroid dienone is 1. The van der Waals surface area contributed by atoms with Crippen LogP contribution in [0.5, 0.6) is 0 Å². The first-order valence-electron chi connectivity index (χ1n) is 4.51. The highest BCUT2D eigenvalue weighted by Gasteiger charge is 2.01. The maximum Gasteiger partial charge on any atom is 0.342 e. The molecule has 0 N–H and O–H groups in total. The topological polar surface area (TPSA) is 73.9 Å². The number of benzene rings is 1. The van der Waals surface area contributed by atoms with Crippen LogP contribution in [-0.4, -0.2) is 5.97 Å². The quantitative estimate of drug-likeness (QED) is 0.441. The van der Waals surface area contributed by atoms with E-state index in [0.717, 1.165) is 6.26 Å². The van der Waals surface area contributed by atoms with Crippen LogP contribution in [0.4, 0.5) is 0 Å². The summed E-state index contributed by atoms with van der Waals surface area (Å²) in [5, 5.41) is 15.5. The minimum atomic E-state index is -0.374. The first-order valence-corrected chi connectivity index (χ1v) is 4.51. The van der Waals surface area contributed by atoms with Crippen molar-refractivity contribution in [1.29, 1.82) is 10.5 Å². The first kappa shape index (κ1) is 14.2. The molecule has 0 aromatic heterocycles. The Morgan fingerprint density at radius 1 is 1.24 bits per heavy atom. The van der Waals surface area contributed by atoms with E-state index >= 15 is 0 Å². The molecule has 0 saturated heterocycles. The van der Waals surface area contributed by atoms with Gasteiger partial charge in [-0.2, -0.15) is 10.5 Å². The van der Waals surface area contributed by atoms with E-state index in [9.17, 15) is 4.79 Å². The molecule has 4 heteroatoms. The highest BCUT2D eigenvalue weighted by Crippen LogP contribution is 2.00. The van der Waals surface area contributed by atoms with Gasteiger partial charge >= 0.3 is 5.97 Å². The molecule has 1 rings (SSSR count). The summed E-state index contributed by atoms with van der Waals surface area (Å²) in [6.07, 6.45) is 1.12. The maximum atomic E-state index is 11.0. The van der Waals surface area contributed by atoms with Gasteiger partial charge in [0, 0.05) is 0 Å². The molecular formula is C13H10N2O2. The van der Waals surface area contributed by atoms with Gasteiger partial charge in [-0.3, -0.25) is 0 Å². The number of nitriles is 2. The molecule has 0 bridgehead atoms. The second kappa shape index (κ2) is 8.46. The minimum Gasteiger partial charge on any atom is -0.432 e. The standard InChI is InChI=1S/C9H8O2.C4H2N2/c1-2-11-9(10)8-6-4-3-5-7-8;1-4(2-5)3-6/h2-7H,1H2;1H2. The molecule has 84 valence electrons. The van der Waals surface area contributed by atoms with Gasteiger partial charge in [-0.25, -0.2) is 4.79 Å². The molecule has 0 spiro atoms. The summed E-state index contributed by atoms with van der Waals surface area (Å²) in [4.78, 5) is 11.0. The van der Waals surface area contributed by atoms with Gasteiger partial charge < -0.3 is 4.74 Å². The highest BCUT2D eigenvalue weighted by molar-refractivity contribution is 5.89. The van der Waals surface area contributed by atoms with E-state index in [1.807, 2.05) is 6.07 Å². The fourth-order valence-corrected chi connectivity index (χ4v) is 0.743. The third-order valence-corrected chi connectivity index (χ3v) is 1.47. The summed E-state index contributed by atoms with van der Waals surface area (Å²) in [6.45, 7) is 6.35. The number of rotatable bonds is 2. The maximum absolute atomic E-state index is 11.0. The van der Waals surface area contributed by atoms with Gasteiger partial charge in [0.15, 0.2) is 0 Å². The largest absolute Gasteiger partial charge is 0.432 e. The van der Waals surface area contributed by atoms with Crippen molar-refractivity contribution in [3.63, 3.8) is 0 Å². The molecule has 1 aromatic carbocycles. The lowest BCUT2D eigenvalue weighted by atomic mass is 10.2. The van der Waals surface area contributed by atoms with Crippen LogP contribution in [-0.2, 0) is 4.74 Å². The molecule has 17 heavy (non-hydrogen) atoms. The van der Waals surface area contributed by atoms with Crippen LogP contribution in [0.3, 0.4) is 0 Å². The van der Waals surface area contributed by atoms with Crippen LogP contribution in [0.15, 0.2) is 55.3 Å². The molecule has 0 fully saturated rings. The molecule has 0 saturated carbocycles. The van der Waals surface area contributed by atoms with Crippen LogP contribution in [0.25, 0.3) is 0 Å². The molecule has 1 aromatic rings. The normalized spacial score (nSPS) is 7.41. The Morgan fingerprint density at radius 3 is 2.12 bits per heavy atom. The van der Waals surface area contributed by atoms with Gasteiger partial charge in [0.25, 0.3) is 0 Å². The minimum absolute atomic E-state index is 0.0463. The van der Waals surface area contributed by atoms with Crippen LogP contribution in [0, 0.1) is 22.7 Å². The van der Waals surface area contributed by atoms with Crippen molar-refractivity contribution in [1.82, 2.24) is 0 Å².